The molecule has 0 radical (unpaired) electrons. The van der Waals surface area contributed by atoms with Gasteiger partial charge in [-0.2, -0.15) is 0 Å². The van der Waals surface area contributed by atoms with Gasteiger partial charge in [0, 0.05) is 24.6 Å². The highest BCUT2D eigenvalue weighted by molar-refractivity contribution is 9.10. The van der Waals surface area contributed by atoms with Crippen molar-refractivity contribution in [3.8, 4) is 5.75 Å². The molecule has 3 N–H and O–H groups in total. The molecule has 154 valence electrons. The van der Waals surface area contributed by atoms with Gasteiger partial charge in [0.1, 0.15) is 18.4 Å². The summed E-state index contributed by atoms with van der Waals surface area (Å²) in [6, 6.07) is 6.50. The maximum atomic E-state index is 13.1. The molecule has 1 unspecified atom stereocenters. The number of ether oxygens (including phenoxy) is 1. The second-order valence-electron chi connectivity index (χ2n) is 6.48. The third-order valence-corrected chi connectivity index (χ3v) is 5.15. The van der Waals surface area contributed by atoms with Gasteiger partial charge in [-0.3, -0.25) is 14.2 Å². The Bertz CT molecular complexity index is 1190. The van der Waals surface area contributed by atoms with Crippen LogP contribution in [0, 0.1) is 0 Å². The van der Waals surface area contributed by atoms with Crippen LogP contribution in [-0.2, 0) is 14.1 Å². The zero-order valence-corrected chi connectivity index (χ0v) is 18.0. The Morgan fingerprint density at radius 3 is 2.62 bits per heavy atom. The predicted molar refractivity (Wildman–Crippen MR) is 115 cm³/mol. The Morgan fingerprint density at radius 2 is 1.97 bits per heavy atom. The number of pyridine rings is 2. The molecule has 2 aromatic heterocycles. The highest BCUT2D eigenvalue weighted by Crippen LogP contribution is 2.30. The van der Waals surface area contributed by atoms with Crippen LogP contribution in [0.4, 0.5) is 11.4 Å². The maximum absolute atomic E-state index is 13.1. The molecule has 1 aromatic carbocycles. The van der Waals surface area contributed by atoms with E-state index in [2.05, 4.69) is 21.2 Å². The first-order chi connectivity index (χ1) is 13.7. The van der Waals surface area contributed by atoms with Crippen LogP contribution < -0.4 is 21.0 Å². The standard InChI is InChI=1S/C19H19BrClN3O5/c1-23-7-15(29-9-11(26)8-25)18(28)17-14(6-16(27)24(2)19(17)23)22-13-4-3-10(20)5-12(13)21/h3-7,11,22,25-26H,8-9H2,1-2H3. The lowest BCUT2D eigenvalue weighted by Crippen LogP contribution is -2.26. The number of aromatic nitrogens is 2. The minimum atomic E-state index is -1.12. The molecule has 29 heavy (non-hydrogen) atoms. The number of halogens is 2. The quantitative estimate of drug-likeness (QED) is 0.495. The Balaban J connectivity index is 2.21. The topological polar surface area (TPSA) is 106 Å². The van der Waals surface area contributed by atoms with Crippen LogP contribution in [0.2, 0.25) is 5.02 Å². The Kier molecular flexibility index (Phi) is 6.33. The van der Waals surface area contributed by atoms with Crippen LogP contribution in [0.1, 0.15) is 0 Å². The average Bonchev–Trinajstić information content (AvgIpc) is 2.67. The van der Waals surface area contributed by atoms with Crippen molar-refractivity contribution in [2.45, 2.75) is 6.10 Å². The Hall–Kier alpha value is -2.33. The molecule has 0 saturated carbocycles. The van der Waals surface area contributed by atoms with Crippen LogP contribution in [-0.4, -0.2) is 38.7 Å². The monoisotopic (exact) mass is 483 g/mol. The highest BCUT2D eigenvalue weighted by Gasteiger charge is 2.18. The zero-order chi connectivity index (χ0) is 21.3. The third kappa shape index (κ3) is 4.32. The molecule has 3 aromatic rings. The molecule has 0 aliphatic heterocycles. The molecule has 0 amide bonds. The van der Waals surface area contributed by atoms with E-state index in [0.29, 0.717) is 16.4 Å². The van der Waals surface area contributed by atoms with E-state index in [4.69, 9.17) is 21.4 Å². The molecule has 1 atom stereocenters. The fourth-order valence-electron chi connectivity index (χ4n) is 2.92. The van der Waals surface area contributed by atoms with Crippen molar-refractivity contribution >= 4 is 49.9 Å². The number of aryl methyl sites for hydroxylation is 2. The van der Waals surface area contributed by atoms with Gasteiger partial charge in [-0.15, -0.1) is 0 Å². The second kappa shape index (κ2) is 8.58. The number of nitrogens with zero attached hydrogens (tertiary/aromatic N) is 2. The van der Waals surface area contributed by atoms with Gasteiger partial charge in [-0.25, -0.2) is 0 Å². The minimum absolute atomic E-state index is 0.0175. The first-order valence-corrected chi connectivity index (χ1v) is 9.77. The van der Waals surface area contributed by atoms with E-state index in [1.54, 1.807) is 36.9 Å². The summed E-state index contributed by atoms with van der Waals surface area (Å²) >= 11 is 9.60. The zero-order valence-electron chi connectivity index (χ0n) is 15.6. The predicted octanol–water partition coefficient (Wildman–Crippen LogP) is 2.13. The van der Waals surface area contributed by atoms with Crippen LogP contribution in [0.3, 0.4) is 0 Å². The van der Waals surface area contributed by atoms with Gasteiger partial charge < -0.3 is 24.8 Å². The molecule has 0 saturated heterocycles. The lowest BCUT2D eigenvalue weighted by atomic mass is 10.2. The van der Waals surface area contributed by atoms with E-state index >= 15 is 0 Å². The summed E-state index contributed by atoms with van der Waals surface area (Å²) in [5.74, 6) is -0.0175. The second-order valence-corrected chi connectivity index (χ2v) is 7.81. The molecular weight excluding hydrogens is 466 g/mol. The number of nitrogens with one attached hydrogen (secondary N) is 1. The lowest BCUT2D eigenvalue weighted by molar-refractivity contribution is 0.0531. The lowest BCUT2D eigenvalue weighted by Gasteiger charge is -2.17. The molecule has 0 fully saturated rings. The van der Waals surface area contributed by atoms with E-state index in [1.807, 2.05) is 0 Å². The summed E-state index contributed by atoms with van der Waals surface area (Å²) < 4.78 is 9.14. The summed E-state index contributed by atoms with van der Waals surface area (Å²) in [5, 5.41) is 22.2. The number of anilines is 2. The molecular formula is C19H19BrClN3O5. The van der Waals surface area contributed by atoms with E-state index in [1.165, 1.54) is 16.8 Å². The SMILES string of the molecule is Cn1cc(OCC(O)CO)c(=O)c2c(Nc3ccc(Br)cc3Cl)cc(=O)n(C)c21. The Labute approximate surface area is 179 Å². The summed E-state index contributed by atoms with van der Waals surface area (Å²) in [5.41, 5.74) is 0.407. The molecule has 2 heterocycles. The number of fused-ring (bicyclic) bond motifs is 1. The number of rotatable bonds is 6. The summed E-state index contributed by atoms with van der Waals surface area (Å²) in [7, 11) is 3.24. The van der Waals surface area contributed by atoms with E-state index in [0.717, 1.165) is 4.47 Å². The molecule has 0 aliphatic carbocycles. The van der Waals surface area contributed by atoms with Gasteiger partial charge in [-0.05, 0) is 18.2 Å². The van der Waals surface area contributed by atoms with Crippen molar-refractivity contribution < 1.29 is 14.9 Å². The van der Waals surface area contributed by atoms with Gasteiger partial charge in [0.15, 0.2) is 5.75 Å². The summed E-state index contributed by atoms with van der Waals surface area (Å²) in [6.07, 6.45) is 0.319. The van der Waals surface area contributed by atoms with E-state index < -0.39 is 18.1 Å². The first kappa shape index (κ1) is 21.4. The van der Waals surface area contributed by atoms with Gasteiger partial charge >= 0.3 is 0 Å². The number of hydrogen-bond donors (Lipinski definition) is 3. The fraction of sp³-hybridized carbons (Fsp3) is 0.263. The molecule has 0 bridgehead atoms. The molecule has 10 heteroatoms. The summed E-state index contributed by atoms with van der Waals surface area (Å²) in [6.45, 7) is -0.735. The summed E-state index contributed by atoms with van der Waals surface area (Å²) in [4.78, 5) is 25.6. The largest absolute Gasteiger partial charge is 0.485 e. The number of aliphatic hydroxyl groups excluding tert-OH is 2. The van der Waals surface area contributed by atoms with Gasteiger partial charge in [0.25, 0.3) is 5.56 Å². The molecule has 3 rings (SSSR count). The van der Waals surface area contributed by atoms with E-state index in [9.17, 15) is 14.7 Å². The van der Waals surface area contributed by atoms with E-state index in [-0.39, 0.29) is 29.0 Å². The van der Waals surface area contributed by atoms with Crippen LogP contribution in [0.15, 0.2) is 44.5 Å². The van der Waals surface area contributed by atoms with Crippen molar-refractivity contribution in [2.75, 3.05) is 18.5 Å². The first-order valence-electron chi connectivity index (χ1n) is 8.60. The number of aliphatic hydroxyl groups is 2. The maximum Gasteiger partial charge on any atom is 0.253 e. The fourth-order valence-corrected chi connectivity index (χ4v) is 3.64. The molecule has 0 spiro atoms. The number of benzene rings is 1. The van der Waals surface area contributed by atoms with Crippen molar-refractivity contribution in [2.24, 2.45) is 14.1 Å². The van der Waals surface area contributed by atoms with Crippen LogP contribution in [0.5, 0.6) is 5.75 Å². The van der Waals surface area contributed by atoms with Crippen LogP contribution in [0.25, 0.3) is 11.0 Å². The number of hydrogen-bond acceptors (Lipinski definition) is 6. The Morgan fingerprint density at radius 1 is 1.24 bits per heavy atom. The highest BCUT2D eigenvalue weighted by atomic mass is 79.9. The molecule has 0 aliphatic rings. The molecule has 8 nitrogen and oxygen atoms in total. The van der Waals surface area contributed by atoms with Crippen molar-refractivity contribution in [1.82, 2.24) is 9.13 Å². The smallest absolute Gasteiger partial charge is 0.253 e. The third-order valence-electron chi connectivity index (χ3n) is 4.35. The normalized spacial score (nSPS) is 12.2. The van der Waals surface area contributed by atoms with Gasteiger partial charge in [0.05, 0.1) is 34.6 Å². The van der Waals surface area contributed by atoms with Crippen molar-refractivity contribution in [1.29, 1.82) is 0 Å². The van der Waals surface area contributed by atoms with Gasteiger partial charge in [-0.1, -0.05) is 27.5 Å². The van der Waals surface area contributed by atoms with Crippen molar-refractivity contribution in [3.63, 3.8) is 0 Å². The minimum Gasteiger partial charge on any atom is -0.485 e. The average molecular weight is 485 g/mol. The van der Waals surface area contributed by atoms with Gasteiger partial charge in [0.2, 0.25) is 5.43 Å². The van der Waals surface area contributed by atoms with Crippen LogP contribution >= 0.6 is 27.5 Å². The van der Waals surface area contributed by atoms with Crippen molar-refractivity contribution in [3.05, 3.63) is 60.5 Å².